The second-order valence-corrected chi connectivity index (χ2v) is 7.30. The number of hydrogen-bond donors (Lipinski definition) is 1. The van der Waals surface area contributed by atoms with E-state index in [1.54, 1.807) is 36.5 Å². The van der Waals surface area contributed by atoms with Crippen LogP contribution in [0.2, 0.25) is 0 Å². The van der Waals surface area contributed by atoms with Gasteiger partial charge in [-0.1, -0.05) is 36.4 Å². The Hall–Kier alpha value is -4.07. The molecule has 1 N–H and O–H groups in total. The van der Waals surface area contributed by atoms with Gasteiger partial charge in [0.15, 0.2) is 0 Å². The van der Waals surface area contributed by atoms with Crippen LogP contribution >= 0.6 is 0 Å². The van der Waals surface area contributed by atoms with Crippen molar-refractivity contribution in [1.82, 2.24) is 19.6 Å². The zero-order valence-electron chi connectivity index (χ0n) is 17.4. The number of rotatable bonds is 5. The molecular formula is C23H21N5O3. The Morgan fingerprint density at radius 3 is 2.39 bits per heavy atom. The molecule has 0 aliphatic heterocycles. The predicted molar refractivity (Wildman–Crippen MR) is 115 cm³/mol. The first-order chi connectivity index (χ1) is 14.9. The number of esters is 1. The lowest BCUT2D eigenvalue weighted by Crippen LogP contribution is -2.26. The molecule has 4 rings (SSSR count). The van der Waals surface area contributed by atoms with Crippen molar-refractivity contribution in [3.63, 3.8) is 0 Å². The summed E-state index contributed by atoms with van der Waals surface area (Å²) in [6.45, 7) is 5.72. The van der Waals surface area contributed by atoms with Gasteiger partial charge >= 0.3 is 5.97 Å². The predicted octanol–water partition coefficient (Wildman–Crippen LogP) is 3.59. The molecule has 156 valence electrons. The third kappa shape index (κ3) is 4.42. The lowest BCUT2D eigenvalue weighted by Gasteiger charge is -2.17. The zero-order chi connectivity index (χ0) is 22.0. The molecule has 1 amide bonds. The SMILES string of the molecule is Cc1cc(C)cc(NC(=O)C(OC(=O)c2nc3nccc(C)n3n2)c2ccccc2)c1. The number of amides is 1. The molecule has 4 aromatic rings. The van der Waals surface area contributed by atoms with Crippen LogP contribution in [0, 0.1) is 20.8 Å². The first-order valence-corrected chi connectivity index (χ1v) is 9.74. The number of nitrogens with zero attached hydrogens (tertiary/aromatic N) is 4. The van der Waals surface area contributed by atoms with E-state index < -0.39 is 18.0 Å². The minimum atomic E-state index is -1.17. The van der Waals surface area contributed by atoms with Crippen LogP contribution in [0.25, 0.3) is 5.78 Å². The van der Waals surface area contributed by atoms with Gasteiger partial charge in [0.25, 0.3) is 17.5 Å². The van der Waals surface area contributed by atoms with E-state index in [2.05, 4.69) is 20.4 Å². The number of aryl methyl sites for hydroxylation is 3. The number of benzene rings is 2. The van der Waals surface area contributed by atoms with Gasteiger partial charge in [0.1, 0.15) is 0 Å². The summed E-state index contributed by atoms with van der Waals surface area (Å²) < 4.78 is 7.02. The molecule has 0 spiro atoms. The van der Waals surface area contributed by atoms with Gasteiger partial charge in [0.05, 0.1) is 0 Å². The fourth-order valence-electron chi connectivity index (χ4n) is 3.31. The van der Waals surface area contributed by atoms with E-state index in [-0.39, 0.29) is 11.6 Å². The average Bonchev–Trinajstić information content (AvgIpc) is 3.17. The van der Waals surface area contributed by atoms with Crippen LogP contribution in [0.5, 0.6) is 0 Å². The lowest BCUT2D eigenvalue weighted by molar-refractivity contribution is -0.125. The van der Waals surface area contributed by atoms with E-state index in [9.17, 15) is 9.59 Å². The van der Waals surface area contributed by atoms with E-state index >= 15 is 0 Å². The van der Waals surface area contributed by atoms with E-state index in [4.69, 9.17) is 4.74 Å². The maximum absolute atomic E-state index is 13.1. The van der Waals surface area contributed by atoms with Gasteiger partial charge < -0.3 is 10.1 Å². The molecule has 8 heteroatoms. The number of carbonyl (C=O) groups excluding carboxylic acids is 2. The summed E-state index contributed by atoms with van der Waals surface area (Å²) in [5, 5.41) is 7.00. The Bertz CT molecular complexity index is 1250. The summed E-state index contributed by atoms with van der Waals surface area (Å²) >= 11 is 0. The highest BCUT2D eigenvalue weighted by molar-refractivity contribution is 5.97. The van der Waals surface area contributed by atoms with Crippen molar-refractivity contribution in [2.75, 3.05) is 5.32 Å². The maximum atomic E-state index is 13.1. The normalized spacial score (nSPS) is 11.8. The van der Waals surface area contributed by atoms with Crippen LogP contribution in [0.3, 0.4) is 0 Å². The number of aromatic nitrogens is 4. The number of anilines is 1. The van der Waals surface area contributed by atoms with E-state index in [1.165, 1.54) is 4.52 Å². The largest absolute Gasteiger partial charge is 0.441 e. The molecule has 0 aliphatic rings. The quantitative estimate of drug-likeness (QED) is 0.500. The molecule has 8 nitrogen and oxygen atoms in total. The van der Waals surface area contributed by atoms with Crippen molar-refractivity contribution in [2.45, 2.75) is 26.9 Å². The molecule has 0 radical (unpaired) electrons. The van der Waals surface area contributed by atoms with Crippen molar-refractivity contribution in [2.24, 2.45) is 0 Å². The van der Waals surface area contributed by atoms with Crippen molar-refractivity contribution in [3.05, 3.63) is 89.0 Å². The van der Waals surface area contributed by atoms with Crippen molar-refractivity contribution < 1.29 is 14.3 Å². The summed E-state index contributed by atoms with van der Waals surface area (Å²) in [5.41, 5.74) is 3.96. The fraction of sp³-hybridized carbons (Fsp3) is 0.174. The van der Waals surface area contributed by atoms with Gasteiger partial charge in [-0.3, -0.25) is 4.79 Å². The fourth-order valence-corrected chi connectivity index (χ4v) is 3.31. The average molecular weight is 415 g/mol. The minimum absolute atomic E-state index is 0.165. The molecule has 2 aromatic heterocycles. The van der Waals surface area contributed by atoms with E-state index in [1.807, 2.05) is 45.0 Å². The van der Waals surface area contributed by atoms with Crippen LogP contribution in [0.4, 0.5) is 5.69 Å². The second-order valence-electron chi connectivity index (χ2n) is 7.30. The molecule has 0 fully saturated rings. The van der Waals surface area contributed by atoms with Gasteiger partial charge in [0.2, 0.25) is 6.10 Å². The van der Waals surface area contributed by atoms with Crippen LogP contribution in [-0.2, 0) is 9.53 Å². The van der Waals surface area contributed by atoms with Gasteiger partial charge in [0, 0.05) is 23.1 Å². The van der Waals surface area contributed by atoms with Gasteiger partial charge in [-0.25, -0.2) is 14.3 Å². The first kappa shape index (κ1) is 20.2. The number of nitrogens with one attached hydrogen (secondary N) is 1. The Morgan fingerprint density at radius 1 is 1.00 bits per heavy atom. The van der Waals surface area contributed by atoms with E-state index in [0.29, 0.717) is 11.3 Å². The molecule has 1 unspecified atom stereocenters. The van der Waals surface area contributed by atoms with Gasteiger partial charge in [-0.2, -0.15) is 4.98 Å². The third-order valence-corrected chi connectivity index (χ3v) is 4.67. The summed E-state index contributed by atoms with van der Waals surface area (Å²) in [6, 6.07) is 16.3. The highest BCUT2D eigenvalue weighted by Gasteiger charge is 2.28. The number of hydrogen-bond acceptors (Lipinski definition) is 6. The second kappa shape index (κ2) is 8.35. The highest BCUT2D eigenvalue weighted by atomic mass is 16.5. The summed E-state index contributed by atoms with van der Waals surface area (Å²) in [7, 11) is 0. The van der Waals surface area contributed by atoms with Crippen LogP contribution in [-0.4, -0.2) is 31.5 Å². The topological polar surface area (TPSA) is 98.5 Å². The maximum Gasteiger partial charge on any atom is 0.379 e. The summed E-state index contributed by atoms with van der Waals surface area (Å²) in [4.78, 5) is 34.1. The standard InChI is InChI=1S/C23H21N5O3/c1-14-11-15(2)13-18(12-14)25-21(29)19(17-7-5-4-6-8-17)31-22(30)20-26-23-24-10-9-16(3)28(23)27-20/h4-13,19H,1-3H3,(H,25,29). The van der Waals surface area contributed by atoms with Crippen molar-refractivity contribution in [1.29, 1.82) is 0 Å². The van der Waals surface area contributed by atoms with Crippen LogP contribution < -0.4 is 5.32 Å². The third-order valence-electron chi connectivity index (χ3n) is 4.67. The molecule has 0 saturated heterocycles. The summed E-state index contributed by atoms with van der Waals surface area (Å²) in [5.74, 6) is -1.17. The van der Waals surface area contributed by atoms with Crippen LogP contribution in [0.15, 0.2) is 60.8 Å². The Morgan fingerprint density at radius 2 is 1.71 bits per heavy atom. The molecule has 1 atom stereocenters. The Kier molecular flexibility index (Phi) is 5.44. The molecule has 2 aromatic carbocycles. The molecule has 2 heterocycles. The smallest absolute Gasteiger partial charge is 0.379 e. The molecule has 31 heavy (non-hydrogen) atoms. The minimum Gasteiger partial charge on any atom is -0.441 e. The monoisotopic (exact) mass is 415 g/mol. The molecule has 0 bridgehead atoms. The molecular weight excluding hydrogens is 394 g/mol. The summed E-state index contributed by atoms with van der Waals surface area (Å²) in [6.07, 6.45) is 0.411. The Balaban J connectivity index is 1.62. The van der Waals surface area contributed by atoms with Crippen LogP contribution in [0.1, 0.15) is 39.1 Å². The van der Waals surface area contributed by atoms with Crippen molar-refractivity contribution >= 4 is 23.3 Å². The Labute approximate surface area is 178 Å². The van der Waals surface area contributed by atoms with Crippen molar-refractivity contribution in [3.8, 4) is 0 Å². The molecule has 0 saturated carbocycles. The first-order valence-electron chi connectivity index (χ1n) is 9.74. The number of ether oxygens (including phenoxy) is 1. The van der Waals surface area contributed by atoms with Gasteiger partial charge in [-0.15, -0.1) is 5.10 Å². The lowest BCUT2D eigenvalue weighted by atomic mass is 10.1. The molecule has 0 aliphatic carbocycles. The number of carbonyl (C=O) groups is 2. The van der Waals surface area contributed by atoms with E-state index in [0.717, 1.165) is 16.8 Å². The zero-order valence-corrected chi connectivity index (χ0v) is 17.4. The highest BCUT2D eigenvalue weighted by Crippen LogP contribution is 2.22. The van der Waals surface area contributed by atoms with Gasteiger partial charge in [-0.05, 0) is 50.1 Å². The number of fused-ring (bicyclic) bond motifs is 1.